The SMILES string of the molecule is [Si][Si]([Si]c1ccccc1)c1ccccc1. The van der Waals surface area contributed by atoms with Crippen molar-refractivity contribution < 1.29 is 0 Å². The largest absolute Gasteiger partial charge is 0.0704 e. The molecule has 2 rings (SSSR count). The van der Waals surface area contributed by atoms with Crippen LogP contribution in [-0.2, 0) is 0 Å². The summed E-state index contributed by atoms with van der Waals surface area (Å²) in [6.07, 6.45) is 0. The third-order valence-corrected chi connectivity index (χ3v) is 8.36. The van der Waals surface area contributed by atoms with Crippen LogP contribution in [0.3, 0.4) is 0 Å². The van der Waals surface area contributed by atoms with E-state index in [0.717, 1.165) is 9.04 Å². The van der Waals surface area contributed by atoms with Crippen molar-refractivity contribution in [1.82, 2.24) is 0 Å². The van der Waals surface area contributed by atoms with Gasteiger partial charge in [0.25, 0.3) is 0 Å². The van der Waals surface area contributed by atoms with E-state index in [1.807, 2.05) is 0 Å². The van der Waals surface area contributed by atoms with Gasteiger partial charge in [-0.3, -0.25) is 0 Å². The van der Waals surface area contributed by atoms with E-state index >= 15 is 0 Å². The Balaban J connectivity index is 2.08. The van der Waals surface area contributed by atoms with Gasteiger partial charge >= 0.3 is 0 Å². The van der Waals surface area contributed by atoms with Gasteiger partial charge in [0.1, 0.15) is 0 Å². The average Bonchev–Trinajstić information content (AvgIpc) is 2.31. The number of rotatable bonds is 3. The first kappa shape index (κ1) is 10.6. The van der Waals surface area contributed by atoms with Crippen LogP contribution in [0.15, 0.2) is 60.7 Å². The molecule has 0 amide bonds. The molecule has 0 bridgehead atoms. The molecule has 0 nitrogen and oxygen atoms in total. The molecular weight excluding hydrogens is 228 g/mol. The van der Waals surface area contributed by atoms with Crippen LogP contribution in [0.1, 0.15) is 0 Å². The lowest BCUT2D eigenvalue weighted by molar-refractivity contribution is 1.76. The first-order valence-electron chi connectivity index (χ1n) is 4.82. The average molecular weight is 238 g/mol. The maximum absolute atomic E-state index is 3.89. The number of hydrogen-bond acceptors (Lipinski definition) is 0. The van der Waals surface area contributed by atoms with Crippen molar-refractivity contribution in [1.29, 1.82) is 0 Å². The molecule has 0 aliphatic heterocycles. The quantitative estimate of drug-likeness (QED) is 0.686. The Morgan fingerprint density at radius 2 is 1.33 bits per heavy atom. The van der Waals surface area contributed by atoms with Crippen LogP contribution < -0.4 is 10.4 Å². The zero-order valence-corrected chi connectivity index (χ0v) is 11.3. The van der Waals surface area contributed by atoms with Crippen molar-refractivity contribution in [3.8, 4) is 0 Å². The van der Waals surface area contributed by atoms with Gasteiger partial charge in [-0.05, 0) is 0 Å². The van der Waals surface area contributed by atoms with Crippen molar-refractivity contribution >= 4 is 37.0 Å². The van der Waals surface area contributed by atoms with Crippen molar-refractivity contribution in [2.24, 2.45) is 0 Å². The highest BCUT2D eigenvalue weighted by atomic mass is 29.5. The summed E-state index contributed by atoms with van der Waals surface area (Å²) in [5.74, 6) is 0. The fourth-order valence-corrected chi connectivity index (χ4v) is 6.76. The third-order valence-electron chi connectivity index (χ3n) is 2.11. The van der Waals surface area contributed by atoms with Crippen LogP contribution in [-0.4, -0.2) is 26.6 Å². The van der Waals surface area contributed by atoms with E-state index in [1.54, 1.807) is 0 Å². The van der Waals surface area contributed by atoms with Gasteiger partial charge in [0.05, 0.1) is 16.9 Å². The summed E-state index contributed by atoms with van der Waals surface area (Å²) >= 11 is 0. The Kier molecular flexibility index (Phi) is 3.71. The van der Waals surface area contributed by atoms with Crippen LogP contribution in [0.5, 0.6) is 0 Å². The second kappa shape index (κ2) is 5.25. The maximum atomic E-state index is 3.89. The van der Waals surface area contributed by atoms with E-state index in [-0.39, 0.29) is 0 Å². The Hall–Kier alpha value is -0.909. The van der Waals surface area contributed by atoms with Gasteiger partial charge in [-0.2, -0.15) is 0 Å². The molecule has 2 aromatic carbocycles. The van der Waals surface area contributed by atoms with Crippen LogP contribution in [0.4, 0.5) is 0 Å². The summed E-state index contributed by atoms with van der Waals surface area (Å²) in [7, 11) is 4.18. The van der Waals surface area contributed by atoms with Crippen LogP contribution >= 0.6 is 0 Å². The van der Waals surface area contributed by atoms with E-state index in [9.17, 15) is 0 Å². The van der Waals surface area contributed by atoms with Gasteiger partial charge in [0.2, 0.25) is 0 Å². The molecule has 0 aliphatic rings. The molecule has 0 heterocycles. The van der Waals surface area contributed by atoms with Crippen molar-refractivity contribution in [2.75, 3.05) is 0 Å². The molecule has 2 aromatic rings. The predicted octanol–water partition coefficient (Wildman–Crippen LogP) is 0.580. The Morgan fingerprint density at radius 3 is 1.93 bits per heavy atom. The lowest BCUT2D eigenvalue weighted by Crippen LogP contribution is -2.43. The molecule has 0 saturated heterocycles. The van der Waals surface area contributed by atoms with E-state index < -0.39 is 7.83 Å². The van der Waals surface area contributed by atoms with Gasteiger partial charge in [-0.15, -0.1) is 0 Å². The second-order valence-electron chi connectivity index (χ2n) is 3.23. The second-order valence-corrected chi connectivity index (χ2v) is 10.6. The molecule has 0 atom stereocenters. The lowest BCUT2D eigenvalue weighted by atomic mass is 10.4. The molecule has 0 unspecified atom stereocenters. The Labute approximate surface area is 97.8 Å². The standard InChI is InChI=1S/C12H10Si3/c13-15(12-9-5-2-6-10-12)14-11-7-3-1-4-8-11/h1-10H. The topological polar surface area (TPSA) is 0 Å². The number of benzene rings is 2. The maximum Gasteiger partial charge on any atom is 0.0704 e. The van der Waals surface area contributed by atoms with E-state index in [2.05, 4.69) is 70.4 Å². The van der Waals surface area contributed by atoms with Gasteiger partial charge in [0.15, 0.2) is 0 Å². The zero-order valence-electron chi connectivity index (χ0n) is 8.27. The summed E-state index contributed by atoms with van der Waals surface area (Å²) in [6.45, 7) is 0. The third kappa shape index (κ3) is 3.02. The minimum absolute atomic E-state index is 0.586. The fraction of sp³-hybridized carbons (Fsp3) is 0. The Morgan fingerprint density at radius 1 is 0.800 bits per heavy atom. The minimum atomic E-state index is -0.586. The highest BCUT2D eigenvalue weighted by Gasteiger charge is 2.08. The van der Waals surface area contributed by atoms with Crippen LogP contribution in [0, 0.1) is 0 Å². The van der Waals surface area contributed by atoms with Gasteiger partial charge in [-0.25, -0.2) is 0 Å². The van der Waals surface area contributed by atoms with Gasteiger partial charge in [0, 0.05) is 9.76 Å². The highest BCUT2D eigenvalue weighted by Crippen LogP contribution is 1.87. The summed E-state index contributed by atoms with van der Waals surface area (Å²) in [4.78, 5) is 0. The molecular formula is C12H10Si3. The molecule has 0 saturated carbocycles. The van der Waals surface area contributed by atoms with E-state index in [4.69, 9.17) is 0 Å². The number of hydrogen-bond donors (Lipinski definition) is 0. The molecule has 0 aromatic heterocycles. The predicted molar refractivity (Wildman–Crippen MR) is 69.4 cm³/mol. The molecule has 6 radical (unpaired) electrons. The smallest absolute Gasteiger partial charge is 0.0681 e. The molecule has 0 fully saturated rings. The molecule has 0 aliphatic carbocycles. The summed E-state index contributed by atoms with van der Waals surface area (Å²) < 4.78 is 0. The molecule has 3 heteroatoms. The van der Waals surface area contributed by atoms with E-state index in [1.165, 1.54) is 10.4 Å². The molecule has 0 N–H and O–H groups in total. The highest BCUT2D eigenvalue weighted by molar-refractivity contribution is 7.43. The first-order valence-corrected chi connectivity index (χ1v) is 9.82. The summed E-state index contributed by atoms with van der Waals surface area (Å²) in [6, 6.07) is 21.4. The van der Waals surface area contributed by atoms with Crippen molar-refractivity contribution in [3.05, 3.63) is 60.7 Å². The van der Waals surface area contributed by atoms with Gasteiger partial charge in [-0.1, -0.05) is 71.0 Å². The molecule has 0 spiro atoms. The van der Waals surface area contributed by atoms with E-state index in [0.29, 0.717) is 0 Å². The van der Waals surface area contributed by atoms with Crippen molar-refractivity contribution in [3.63, 3.8) is 0 Å². The van der Waals surface area contributed by atoms with Crippen molar-refractivity contribution in [2.45, 2.75) is 0 Å². The minimum Gasteiger partial charge on any atom is -0.0681 e. The van der Waals surface area contributed by atoms with Gasteiger partial charge < -0.3 is 0 Å². The fourth-order valence-electron chi connectivity index (χ4n) is 1.34. The first-order chi connectivity index (χ1) is 7.36. The van der Waals surface area contributed by atoms with Crippen LogP contribution in [0.25, 0.3) is 0 Å². The zero-order chi connectivity index (χ0) is 10.5. The summed E-state index contributed by atoms with van der Waals surface area (Å²) in [5.41, 5.74) is 0. The monoisotopic (exact) mass is 238 g/mol. The lowest BCUT2D eigenvalue weighted by Gasteiger charge is -2.08. The molecule has 70 valence electrons. The summed E-state index contributed by atoms with van der Waals surface area (Å²) in [5, 5.41) is 2.88. The Bertz CT molecular complexity index is 400. The normalized spacial score (nSPS) is 10.5. The van der Waals surface area contributed by atoms with Crippen LogP contribution in [0.2, 0.25) is 0 Å². The molecule has 15 heavy (non-hydrogen) atoms.